The molecule has 4 heteroatoms. The van der Waals surface area contributed by atoms with E-state index in [0.29, 0.717) is 12.2 Å². The van der Waals surface area contributed by atoms with Crippen molar-refractivity contribution < 1.29 is 19.0 Å². The minimum absolute atomic E-state index is 0.0279. The van der Waals surface area contributed by atoms with E-state index in [1.54, 1.807) is 13.0 Å². The average Bonchev–Trinajstić information content (AvgIpc) is 2.79. The van der Waals surface area contributed by atoms with E-state index >= 15 is 0 Å². The molecule has 1 aliphatic heterocycles. The second-order valence-electron chi connectivity index (χ2n) is 6.21. The number of benzene rings is 2. The maximum absolute atomic E-state index is 11.5. The molecule has 2 aromatic rings. The van der Waals surface area contributed by atoms with Gasteiger partial charge in [0.25, 0.3) is 0 Å². The molecular weight excluding hydrogens is 292 g/mol. The first kappa shape index (κ1) is 15.4. The number of hydrogen-bond donors (Lipinski definition) is 0. The van der Waals surface area contributed by atoms with Gasteiger partial charge in [0.1, 0.15) is 12.4 Å². The Morgan fingerprint density at radius 2 is 1.83 bits per heavy atom. The maximum Gasteiger partial charge on any atom is 0.246 e. The lowest BCUT2D eigenvalue weighted by atomic mass is 10.1. The number of aryl methyl sites for hydroxylation is 1. The van der Waals surface area contributed by atoms with Crippen molar-refractivity contribution in [3.8, 4) is 17.2 Å². The van der Waals surface area contributed by atoms with Crippen LogP contribution in [0.4, 0.5) is 0 Å². The Labute approximate surface area is 136 Å². The van der Waals surface area contributed by atoms with Gasteiger partial charge in [-0.1, -0.05) is 18.2 Å². The third-order valence-corrected chi connectivity index (χ3v) is 3.71. The second-order valence-corrected chi connectivity index (χ2v) is 6.21. The summed E-state index contributed by atoms with van der Waals surface area (Å²) in [5.41, 5.74) is 2.63. The Morgan fingerprint density at radius 3 is 2.57 bits per heavy atom. The van der Waals surface area contributed by atoms with Crippen molar-refractivity contribution in [3.05, 3.63) is 53.1 Å². The first-order chi connectivity index (χ1) is 10.8. The number of rotatable bonds is 4. The third kappa shape index (κ3) is 3.31. The van der Waals surface area contributed by atoms with Gasteiger partial charge in [-0.2, -0.15) is 0 Å². The highest BCUT2D eigenvalue weighted by molar-refractivity contribution is 5.94. The zero-order valence-electron chi connectivity index (χ0n) is 13.8. The molecule has 0 spiro atoms. The molecule has 1 aliphatic rings. The molecule has 0 bridgehead atoms. The van der Waals surface area contributed by atoms with Crippen LogP contribution in [0.1, 0.15) is 42.3 Å². The van der Waals surface area contributed by atoms with E-state index in [0.717, 1.165) is 28.4 Å². The Morgan fingerprint density at radius 1 is 1.09 bits per heavy atom. The van der Waals surface area contributed by atoms with Gasteiger partial charge in [-0.25, -0.2) is 0 Å². The third-order valence-electron chi connectivity index (χ3n) is 3.71. The average molecular weight is 312 g/mol. The zero-order valence-corrected chi connectivity index (χ0v) is 13.8. The fourth-order valence-corrected chi connectivity index (χ4v) is 2.49. The SMILES string of the molecule is CC(=O)c1ccc(C)c(OCc2ccc3c(c2)OC(C)(C)O3)c1. The summed E-state index contributed by atoms with van der Waals surface area (Å²) in [5, 5.41) is 0. The number of ether oxygens (including phenoxy) is 3. The molecule has 1 heterocycles. The Balaban J connectivity index is 1.75. The predicted octanol–water partition coefficient (Wildman–Crippen LogP) is 4.28. The van der Waals surface area contributed by atoms with Crippen molar-refractivity contribution in [1.29, 1.82) is 0 Å². The van der Waals surface area contributed by atoms with Gasteiger partial charge in [0.2, 0.25) is 5.79 Å². The van der Waals surface area contributed by atoms with Gasteiger partial charge < -0.3 is 14.2 Å². The summed E-state index contributed by atoms with van der Waals surface area (Å²) in [6.45, 7) is 7.66. The van der Waals surface area contributed by atoms with Crippen molar-refractivity contribution in [2.45, 2.75) is 40.1 Å². The lowest BCUT2D eigenvalue weighted by molar-refractivity contribution is -0.0431. The molecule has 0 fully saturated rings. The monoisotopic (exact) mass is 312 g/mol. The molecule has 0 atom stereocenters. The molecule has 0 amide bonds. The first-order valence-electron chi connectivity index (χ1n) is 7.59. The lowest BCUT2D eigenvalue weighted by Crippen LogP contribution is -2.29. The Hall–Kier alpha value is -2.49. The summed E-state index contributed by atoms with van der Waals surface area (Å²) >= 11 is 0. The molecule has 0 radical (unpaired) electrons. The summed E-state index contributed by atoms with van der Waals surface area (Å²) < 4.78 is 17.3. The van der Waals surface area contributed by atoms with E-state index < -0.39 is 5.79 Å². The van der Waals surface area contributed by atoms with E-state index in [1.165, 1.54) is 0 Å². The molecule has 2 aromatic carbocycles. The van der Waals surface area contributed by atoms with Gasteiger partial charge in [0, 0.05) is 19.4 Å². The smallest absolute Gasteiger partial charge is 0.246 e. The molecule has 23 heavy (non-hydrogen) atoms. The van der Waals surface area contributed by atoms with Crippen LogP contribution in [0.2, 0.25) is 0 Å². The topological polar surface area (TPSA) is 44.8 Å². The van der Waals surface area contributed by atoms with E-state index in [9.17, 15) is 4.79 Å². The van der Waals surface area contributed by atoms with Crippen LogP contribution in [-0.2, 0) is 6.61 Å². The minimum atomic E-state index is -0.631. The molecule has 0 N–H and O–H groups in total. The van der Waals surface area contributed by atoms with Gasteiger partial charge in [-0.05, 0) is 43.2 Å². The van der Waals surface area contributed by atoms with Crippen LogP contribution in [0.5, 0.6) is 17.2 Å². The van der Waals surface area contributed by atoms with E-state index in [2.05, 4.69) is 0 Å². The van der Waals surface area contributed by atoms with E-state index in [-0.39, 0.29) is 5.78 Å². The maximum atomic E-state index is 11.5. The van der Waals surface area contributed by atoms with Crippen LogP contribution in [0, 0.1) is 6.92 Å². The molecule has 0 unspecified atom stereocenters. The number of carbonyl (C=O) groups excluding carboxylic acids is 1. The molecule has 0 aromatic heterocycles. The largest absolute Gasteiger partial charge is 0.489 e. The van der Waals surface area contributed by atoms with Crippen LogP contribution < -0.4 is 14.2 Å². The fourth-order valence-electron chi connectivity index (χ4n) is 2.49. The number of carbonyl (C=O) groups is 1. The van der Waals surface area contributed by atoms with Crippen molar-refractivity contribution in [2.75, 3.05) is 0 Å². The summed E-state index contributed by atoms with van der Waals surface area (Å²) in [6.07, 6.45) is 0. The summed E-state index contributed by atoms with van der Waals surface area (Å²) in [5.74, 6) is 1.59. The summed E-state index contributed by atoms with van der Waals surface area (Å²) in [6, 6.07) is 11.3. The van der Waals surface area contributed by atoms with Crippen LogP contribution in [0.15, 0.2) is 36.4 Å². The standard InChI is InChI=1S/C19H20O4/c1-12-5-7-15(13(2)20)10-17(12)21-11-14-6-8-16-18(9-14)23-19(3,4)22-16/h5-10H,11H2,1-4H3. The zero-order chi connectivity index (χ0) is 16.6. The number of hydrogen-bond acceptors (Lipinski definition) is 4. The predicted molar refractivity (Wildman–Crippen MR) is 87.3 cm³/mol. The van der Waals surface area contributed by atoms with Crippen LogP contribution >= 0.6 is 0 Å². The quantitative estimate of drug-likeness (QED) is 0.790. The Kier molecular flexibility index (Phi) is 3.76. The van der Waals surface area contributed by atoms with Crippen molar-refractivity contribution in [3.63, 3.8) is 0 Å². The number of ketones is 1. The fraction of sp³-hybridized carbons (Fsp3) is 0.316. The highest BCUT2D eigenvalue weighted by Crippen LogP contribution is 2.39. The minimum Gasteiger partial charge on any atom is -0.489 e. The van der Waals surface area contributed by atoms with Crippen molar-refractivity contribution >= 4 is 5.78 Å². The highest BCUT2D eigenvalue weighted by atomic mass is 16.7. The molecule has 0 aliphatic carbocycles. The molecule has 4 nitrogen and oxygen atoms in total. The summed E-state index contributed by atoms with van der Waals surface area (Å²) in [4.78, 5) is 11.5. The van der Waals surface area contributed by atoms with Crippen molar-refractivity contribution in [2.24, 2.45) is 0 Å². The van der Waals surface area contributed by atoms with Crippen LogP contribution in [-0.4, -0.2) is 11.6 Å². The lowest BCUT2D eigenvalue weighted by Gasteiger charge is -2.16. The molecular formula is C19H20O4. The molecule has 120 valence electrons. The van der Waals surface area contributed by atoms with Gasteiger partial charge >= 0.3 is 0 Å². The van der Waals surface area contributed by atoms with Crippen molar-refractivity contribution in [1.82, 2.24) is 0 Å². The normalized spacial score (nSPS) is 14.6. The molecule has 3 rings (SSSR count). The second kappa shape index (κ2) is 5.61. The first-order valence-corrected chi connectivity index (χ1v) is 7.59. The van der Waals surface area contributed by atoms with E-state index in [4.69, 9.17) is 14.2 Å². The van der Waals surface area contributed by atoms with E-state index in [1.807, 2.05) is 51.1 Å². The van der Waals surface area contributed by atoms with Gasteiger partial charge in [0.15, 0.2) is 17.3 Å². The van der Waals surface area contributed by atoms with Crippen LogP contribution in [0.25, 0.3) is 0 Å². The Bertz CT molecular complexity index is 762. The molecule has 0 saturated carbocycles. The number of fused-ring (bicyclic) bond motifs is 1. The summed E-state index contributed by atoms with van der Waals surface area (Å²) in [7, 11) is 0. The van der Waals surface area contributed by atoms with Gasteiger partial charge in [-0.15, -0.1) is 0 Å². The highest BCUT2D eigenvalue weighted by Gasteiger charge is 2.31. The number of Topliss-reactive ketones (excluding diaryl/α,β-unsaturated/α-hetero) is 1. The van der Waals surface area contributed by atoms with Gasteiger partial charge in [0.05, 0.1) is 0 Å². The molecule has 0 saturated heterocycles. The van der Waals surface area contributed by atoms with Crippen LogP contribution in [0.3, 0.4) is 0 Å². The van der Waals surface area contributed by atoms with Gasteiger partial charge in [-0.3, -0.25) is 4.79 Å².